The van der Waals surface area contributed by atoms with Crippen molar-refractivity contribution in [1.29, 1.82) is 0 Å². The molecule has 4 rings (SSSR count). The number of hydrogen-bond acceptors (Lipinski definition) is 5. The summed E-state index contributed by atoms with van der Waals surface area (Å²) in [6.07, 6.45) is 15.0. The molecule has 1 heterocycles. The normalized spacial score (nSPS) is 20.6. The van der Waals surface area contributed by atoms with Crippen LogP contribution in [0.5, 0.6) is 5.75 Å². The van der Waals surface area contributed by atoms with Gasteiger partial charge in [-0.2, -0.15) is 0 Å². The Kier molecular flexibility index (Phi) is 7.84. The summed E-state index contributed by atoms with van der Waals surface area (Å²) in [4.78, 5) is 2.30. The Balaban J connectivity index is 1.24. The number of methoxy groups -OCH3 is 1. The van der Waals surface area contributed by atoms with Gasteiger partial charge in [-0.25, -0.2) is 0 Å². The van der Waals surface area contributed by atoms with Gasteiger partial charge in [0.15, 0.2) is 0 Å². The molecule has 168 valence electrons. The molecule has 0 spiro atoms. The predicted octanol–water partition coefficient (Wildman–Crippen LogP) is 3.73. The molecule has 5 heteroatoms. The maximum atomic E-state index is 10.6. The minimum Gasteiger partial charge on any atom is -0.496 e. The highest BCUT2D eigenvalue weighted by Crippen LogP contribution is 2.27. The number of rotatable bonds is 9. The summed E-state index contributed by atoms with van der Waals surface area (Å²) in [7, 11) is 1.73. The molecule has 1 atom stereocenters. The Bertz CT molecular complexity index is 824. The SMILES string of the molecule is COc1cccc2c1CCN(CC(O)COC1=CC(CNC3CCCC3)=CC=CC1)C2. The zero-order valence-electron chi connectivity index (χ0n) is 18.7. The van der Waals surface area contributed by atoms with Crippen molar-refractivity contribution >= 4 is 0 Å². The molecule has 0 aromatic heterocycles. The second kappa shape index (κ2) is 11.0. The largest absolute Gasteiger partial charge is 0.496 e. The van der Waals surface area contributed by atoms with Gasteiger partial charge in [0.2, 0.25) is 0 Å². The molecule has 0 amide bonds. The summed E-state index contributed by atoms with van der Waals surface area (Å²) in [5.74, 6) is 1.90. The van der Waals surface area contributed by atoms with E-state index in [9.17, 15) is 5.11 Å². The topological polar surface area (TPSA) is 54.0 Å². The molecule has 0 radical (unpaired) electrons. The number of aliphatic hydroxyl groups is 1. The van der Waals surface area contributed by atoms with E-state index in [1.807, 2.05) is 12.1 Å². The van der Waals surface area contributed by atoms with Gasteiger partial charge < -0.3 is 19.9 Å². The van der Waals surface area contributed by atoms with Gasteiger partial charge in [-0.1, -0.05) is 43.2 Å². The van der Waals surface area contributed by atoms with Crippen LogP contribution in [-0.2, 0) is 17.7 Å². The molecule has 1 aliphatic heterocycles. The van der Waals surface area contributed by atoms with E-state index in [-0.39, 0.29) is 0 Å². The summed E-state index contributed by atoms with van der Waals surface area (Å²) in [6.45, 7) is 3.58. The van der Waals surface area contributed by atoms with E-state index in [1.54, 1.807) is 7.11 Å². The van der Waals surface area contributed by atoms with Crippen molar-refractivity contribution in [2.75, 3.05) is 33.4 Å². The molecule has 1 aromatic carbocycles. The van der Waals surface area contributed by atoms with Crippen molar-refractivity contribution < 1.29 is 14.6 Å². The van der Waals surface area contributed by atoms with E-state index in [1.165, 1.54) is 42.4 Å². The van der Waals surface area contributed by atoms with E-state index in [0.29, 0.717) is 19.2 Å². The number of aliphatic hydroxyl groups excluding tert-OH is 1. The van der Waals surface area contributed by atoms with Crippen LogP contribution in [0.2, 0.25) is 0 Å². The highest BCUT2D eigenvalue weighted by molar-refractivity contribution is 5.41. The first kappa shape index (κ1) is 22.1. The van der Waals surface area contributed by atoms with Gasteiger partial charge in [0, 0.05) is 38.6 Å². The second-order valence-electron chi connectivity index (χ2n) is 8.89. The minimum absolute atomic E-state index is 0.324. The first-order valence-electron chi connectivity index (χ1n) is 11.7. The van der Waals surface area contributed by atoms with Gasteiger partial charge in [-0.3, -0.25) is 4.90 Å². The van der Waals surface area contributed by atoms with Crippen LogP contribution in [0.3, 0.4) is 0 Å². The molecule has 31 heavy (non-hydrogen) atoms. The molecule has 1 unspecified atom stereocenters. The number of nitrogens with zero attached hydrogens (tertiary/aromatic N) is 1. The van der Waals surface area contributed by atoms with E-state index in [4.69, 9.17) is 9.47 Å². The molecule has 5 nitrogen and oxygen atoms in total. The standard InChI is InChI=1S/C26H36N2O3/c1-30-26-12-6-8-21-17-28(14-13-25(21)26)18-23(29)19-31-24-11-5-2-7-20(15-24)16-27-22-9-3-4-10-22/h2,5-8,12,15,22-23,27,29H,3-4,9-11,13-14,16-19H2,1H3. The number of fused-ring (bicyclic) bond motifs is 1. The van der Waals surface area contributed by atoms with Crippen molar-refractivity contribution in [2.24, 2.45) is 0 Å². The van der Waals surface area contributed by atoms with E-state index >= 15 is 0 Å². The van der Waals surface area contributed by atoms with E-state index < -0.39 is 6.10 Å². The van der Waals surface area contributed by atoms with Crippen molar-refractivity contribution in [2.45, 2.75) is 57.2 Å². The van der Waals surface area contributed by atoms with Crippen molar-refractivity contribution in [3.8, 4) is 5.75 Å². The number of nitrogens with one attached hydrogen (secondary N) is 1. The number of benzene rings is 1. The lowest BCUT2D eigenvalue weighted by molar-refractivity contribution is 0.0384. The average Bonchev–Trinajstić information content (AvgIpc) is 3.21. The maximum Gasteiger partial charge on any atom is 0.122 e. The maximum absolute atomic E-state index is 10.6. The molecular weight excluding hydrogens is 388 g/mol. The molecule has 2 aliphatic carbocycles. The van der Waals surface area contributed by atoms with Gasteiger partial charge in [-0.15, -0.1) is 0 Å². The number of hydrogen-bond donors (Lipinski definition) is 2. The Morgan fingerprint density at radius 1 is 1.26 bits per heavy atom. The summed E-state index contributed by atoms with van der Waals surface area (Å²) in [5.41, 5.74) is 3.83. The fourth-order valence-corrected chi connectivity index (χ4v) is 4.83. The third kappa shape index (κ3) is 6.22. The Morgan fingerprint density at radius 2 is 2.13 bits per heavy atom. The molecule has 1 aromatic rings. The lowest BCUT2D eigenvalue weighted by Gasteiger charge is -2.31. The molecule has 1 saturated carbocycles. The number of β-amino-alcohol motifs (C(OH)–C–C–N with tert-alkyl or cyclic N) is 1. The van der Waals surface area contributed by atoms with Gasteiger partial charge in [-0.05, 0) is 48.1 Å². The van der Waals surface area contributed by atoms with Crippen LogP contribution in [0.1, 0.15) is 43.2 Å². The molecule has 2 N–H and O–H groups in total. The van der Waals surface area contributed by atoms with E-state index in [2.05, 4.69) is 40.6 Å². The smallest absolute Gasteiger partial charge is 0.122 e. The highest BCUT2D eigenvalue weighted by atomic mass is 16.5. The molecule has 3 aliphatic rings. The zero-order chi connectivity index (χ0) is 21.5. The summed E-state index contributed by atoms with van der Waals surface area (Å²) in [6, 6.07) is 6.88. The molecule has 0 bridgehead atoms. The van der Waals surface area contributed by atoms with Crippen LogP contribution in [-0.4, -0.2) is 55.5 Å². The van der Waals surface area contributed by atoms with Crippen LogP contribution in [0, 0.1) is 0 Å². The second-order valence-corrected chi connectivity index (χ2v) is 8.89. The lowest BCUT2D eigenvalue weighted by Crippen LogP contribution is -2.38. The zero-order valence-corrected chi connectivity index (χ0v) is 18.7. The third-order valence-corrected chi connectivity index (χ3v) is 6.51. The van der Waals surface area contributed by atoms with Crippen LogP contribution in [0.4, 0.5) is 0 Å². The summed E-state index contributed by atoms with van der Waals surface area (Å²) >= 11 is 0. The minimum atomic E-state index is -0.510. The van der Waals surface area contributed by atoms with Crippen LogP contribution in [0.25, 0.3) is 0 Å². The summed E-state index contributed by atoms with van der Waals surface area (Å²) < 4.78 is 11.5. The Labute approximate surface area is 186 Å². The number of ether oxygens (including phenoxy) is 2. The first-order chi connectivity index (χ1) is 15.2. The van der Waals surface area contributed by atoms with Gasteiger partial charge in [0.05, 0.1) is 7.11 Å². The summed E-state index contributed by atoms with van der Waals surface area (Å²) in [5, 5.41) is 14.3. The van der Waals surface area contributed by atoms with Crippen molar-refractivity contribution in [3.63, 3.8) is 0 Å². The molecular formula is C26H36N2O3. The monoisotopic (exact) mass is 424 g/mol. The van der Waals surface area contributed by atoms with Gasteiger partial charge in [0.25, 0.3) is 0 Å². The molecule has 1 fully saturated rings. The Hall–Kier alpha value is -2.08. The predicted molar refractivity (Wildman–Crippen MR) is 124 cm³/mol. The highest BCUT2D eigenvalue weighted by Gasteiger charge is 2.21. The fraction of sp³-hybridized carbons (Fsp3) is 0.538. The Morgan fingerprint density at radius 3 is 2.97 bits per heavy atom. The van der Waals surface area contributed by atoms with Gasteiger partial charge >= 0.3 is 0 Å². The lowest BCUT2D eigenvalue weighted by atomic mass is 9.98. The van der Waals surface area contributed by atoms with Crippen LogP contribution < -0.4 is 10.1 Å². The quantitative estimate of drug-likeness (QED) is 0.633. The van der Waals surface area contributed by atoms with Crippen LogP contribution in [0.15, 0.2) is 53.8 Å². The van der Waals surface area contributed by atoms with E-state index in [0.717, 1.165) is 44.0 Å². The average molecular weight is 425 g/mol. The first-order valence-corrected chi connectivity index (χ1v) is 11.7. The van der Waals surface area contributed by atoms with Crippen molar-refractivity contribution in [3.05, 3.63) is 65.0 Å². The third-order valence-electron chi connectivity index (χ3n) is 6.51. The molecule has 0 saturated heterocycles. The van der Waals surface area contributed by atoms with Crippen molar-refractivity contribution in [1.82, 2.24) is 10.2 Å². The van der Waals surface area contributed by atoms with Gasteiger partial charge in [0.1, 0.15) is 24.2 Å². The van der Waals surface area contributed by atoms with Crippen LogP contribution >= 0.6 is 0 Å². The number of allylic oxidation sites excluding steroid dienone is 3. The fourth-order valence-electron chi connectivity index (χ4n) is 4.83.